The number of para-hydroxylation sites is 1. The maximum absolute atomic E-state index is 13.0. The average Bonchev–Trinajstić information content (AvgIpc) is 3.35. The Morgan fingerprint density at radius 2 is 2.00 bits per heavy atom. The first kappa shape index (κ1) is 20.8. The largest absolute Gasteiger partial charge is 0.337 e. The van der Waals surface area contributed by atoms with E-state index in [1.165, 1.54) is 0 Å². The second-order valence-electron chi connectivity index (χ2n) is 8.08. The van der Waals surface area contributed by atoms with Crippen molar-refractivity contribution < 1.29 is 9.59 Å². The fourth-order valence-corrected chi connectivity index (χ4v) is 3.97. The molecule has 0 bridgehead atoms. The van der Waals surface area contributed by atoms with Gasteiger partial charge in [-0.15, -0.1) is 5.10 Å². The Balaban J connectivity index is 1.54. The Hall–Kier alpha value is -3.49. The van der Waals surface area contributed by atoms with Crippen LogP contribution in [0.4, 0.5) is 5.82 Å². The summed E-state index contributed by atoms with van der Waals surface area (Å²) in [6.45, 7) is 6.64. The van der Waals surface area contributed by atoms with Crippen molar-refractivity contribution in [3.63, 3.8) is 0 Å². The second-order valence-corrected chi connectivity index (χ2v) is 8.08. The monoisotopic (exact) mass is 421 g/mol. The first-order valence-electron chi connectivity index (χ1n) is 10.5. The highest BCUT2D eigenvalue weighted by atomic mass is 16.2. The fourth-order valence-electron chi connectivity index (χ4n) is 3.97. The van der Waals surface area contributed by atoms with Crippen molar-refractivity contribution in [2.24, 2.45) is 7.05 Å². The van der Waals surface area contributed by atoms with Gasteiger partial charge in [-0.3, -0.25) is 19.2 Å². The van der Waals surface area contributed by atoms with Crippen molar-refractivity contribution in [1.82, 2.24) is 29.9 Å². The molecule has 1 fully saturated rings. The maximum Gasteiger partial charge on any atom is 0.291 e. The average molecular weight is 422 g/mol. The minimum atomic E-state index is -0.619. The van der Waals surface area contributed by atoms with E-state index in [0.717, 1.165) is 17.7 Å². The minimum absolute atomic E-state index is 0.0570. The van der Waals surface area contributed by atoms with Gasteiger partial charge in [0.1, 0.15) is 17.7 Å². The van der Waals surface area contributed by atoms with Crippen molar-refractivity contribution in [3.8, 4) is 5.69 Å². The summed E-state index contributed by atoms with van der Waals surface area (Å²) in [7, 11) is 1.79. The molecule has 31 heavy (non-hydrogen) atoms. The number of carbonyl (C=O) groups is 2. The number of aryl methyl sites for hydroxylation is 2. The van der Waals surface area contributed by atoms with Crippen LogP contribution >= 0.6 is 0 Å². The van der Waals surface area contributed by atoms with E-state index in [1.807, 2.05) is 25.1 Å². The van der Waals surface area contributed by atoms with Crippen LogP contribution in [0.25, 0.3) is 5.69 Å². The highest BCUT2D eigenvalue weighted by molar-refractivity contribution is 6.01. The third-order valence-corrected chi connectivity index (χ3v) is 5.57. The normalized spacial score (nSPS) is 16.7. The van der Waals surface area contributed by atoms with Crippen molar-refractivity contribution in [1.29, 1.82) is 0 Å². The number of aromatic nitrogens is 5. The number of hydrogen-bond donors (Lipinski definition) is 1. The molecule has 0 aliphatic carbocycles. The molecule has 3 heterocycles. The molecular formula is C22H27N7O2. The van der Waals surface area contributed by atoms with E-state index in [0.29, 0.717) is 30.5 Å². The molecule has 0 saturated carbocycles. The van der Waals surface area contributed by atoms with E-state index in [4.69, 9.17) is 0 Å². The molecule has 0 spiro atoms. The number of anilines is 1. The van der Waals surface area contributed by atoms with E-state index in [-0.39, 0.29) is 11.7 Å². The lowest BCUT2D eigenvalue weighted by Gasteiger charge is -2.32. The SMILES string of the molecule is Cc1nc(C(=O)NC2CCCN(c3ccnn3C)C2=O)nn1-c1ccccc1C(C)C. The van der Waals surface area contributed by atoms with E-state index in [2.05, 4.69) is 40.4 Å². The van der Waals surface area contributed by atoms with Gasteiger partial charge >= 0.3 is 0 Å². The van der Waals surface area contributed by atoms with Crippen LogP contribution in [0.2, 0.25) is 0 Å². The Morgan fingerprint density at radius 3 is 2.71 bits per heavy atom. The van der Waals surface area contributed by atoms with Crippen molar-refractivity contribution in [3.05, 3.63) is 53.7 Å². The summed E-state index contributed by atoms with van der Waals surface area (Å²) in [5, 5.41) is 11.4. The number of piperidine rings is 1. The number of nitrogens with zero attached hydrogens (tertiary/aromatic N) is 6. The van der Waals surface area contributed by atoms with Gasteiger partial charge in [-0.25, -0.2) is 9.67 Å². The predicted molar refractivity (Wildman–Crippen MR) is 116 cm³/mol. The van der Waals surface area contributed by atoms with Crippen LogP contribution in [0.5, 0.6) is 0 Å². The molecule has 3 aromatic rings. The summed E-state index contributed by atoms with van der Waals surface area (Å²) in [5.74, 6) is 1.09. The van der Waals surface area contributed by atoms with Gasteiger partial charge in [-0.2, -0.15) is 5.10 Å². The summed E-state index contributed by atoms with van der Waals surface area (Å²) in [6, 6.07) is 9.12. The topological polar surface area (TPSA) is 97.9 Å². The highest BCUT2D eigenvalue weighted by Gasteiger charge is 2.33. The lowest BCUT2D eigenvalue weighted by molar-refractivity contribution is -0.121. The summed E-state index contributed by atoms with van der Waals surface area (Å²) >= 11 is 0. The van der Waals surface area contributed by atoms with Crippen LogP contribution < -0.4 is 10.2 Å². The van der Waals surface area contributed by atoms with Gasteiger partial charge in [0.05, 0.1) is 11.9 Å². The molecule has 1 aliphatic rings. The van der Waals surface area contributed by atoms with Crippen LogP contribution in [0.3, 0.4) is 0 Å². The van der Waals surface area contributed by atoms with Crippen LogP contribution in [0, 0.1) is 6.92 Å². The Bertz CT molecular complexity index is 1110. The summed E-state index contributed by atoms with van der Waals surface area (Å²) in [6.07, 6.45) is 3.01. The van der Waals surface area contributed by atoms with Crippen LogP contribution in [0.1, 0.15) is 54.6 Å². The van der Waals surface area contributed by atoms with Gasteiger partial charge in [-0.05, 0) is 37.3 Å². The molecule has 162 valence electrons. The van der Waals surface area contributed by atoms with Gasteiger partial charge in [0.2, 0.25) is 5.82 Å². The van der Waals surface area contributed by atoms with E-state index >= 15 is 0 Å². The molecule has 1 saturated heterocycles. The standard InChI is InChI=1S/C22H27N7O2/c1-14(2)16-8-5-6-10-18(16)29-15(3)24-20(26-29)21(30)25-17-9-7-13-28(22(17)31)19-11-12-23-27(19)4/h5-6,8,10-12,14,17H,7,9,13H2,1-4H3,(H,25,30). The van der Waals surface area contributed by atoms with E-state index in [9.17, 15) is 9.59 Å². The zero-order valence-corrected chi connectivity index (χ0v) is 18.2. The molecule has 1 unspecified atom stereocenters. The van der Waals surface area contributed by atoms with E-state index in [1.54, 1.807) is 33.6 Å². The van der Waals surface area contributed by atoms with Crippen LogP contribution in [-0.4, -0.2) is 48.9 Å². The minimum Gasteiger partial charge on any atom is -0.337 e. The fraction of sp³-hybridized carbons (Fsp3) is 0.409. The summed E-state index contributed by atoms with van der Waals surface area (Å²) in [4.78, 5) is 31.9. The zero-order chi connectivity index (χ0) is 22.1. The molecule has 1 atom stereocenters. The Labute approximate surface area is 181 Å². The first-order valence-corrected chi connectivity index (χ1v) is 10.5. The van der Waals surface area contributed by atoms with Crippen LogP contribution in [-0.2, 0) is 11.8 Å². The number of benzene rings is 1. The number of carbonyl (C=O) groups excluding carboxylic acids is 2. The van der Waals surface area contributed by atoms with E-state index < -0.39 is 11.9 Å². The van der Waals surface area contributed by atoms with Crippen molar-refractivity contribution >= 4 is 17.6 Å². The zero-order valence-electron chi connectivity index (χ0n) is 18.2. The third-order valence-electron chi connectivity index (χ3n) is 5.57. The number of hydrogen-bond acceptors (Lipinski definition) is 5. The molecule has 0 radical (unpaired) electrons. The summed E-state index contributed by atoms with van der Waals surface area (Å²) < 4.78 is 3.34. The third kappa shape index (κ3) is 3.95. The molecule has 9 nitrogen and oxygen atoms in total. The van der Waals surface area contributed by atoms with Gasteiger partial charge in [-0.1, -0.05) is 32.0 Å². The number of rotatable bonds is 5. The molecule has 4 rings (SSSR count). The molecule has 1 aliphatic heterocycles. The second kappa shape index (κ2) is 8.33. The lowest BCUT2D eigenvalue weighted by Crippen LogP contribution is -2.53. The molecule has 1 N–H and O–H groups in total. The molecule has 9 heteroatoms. The maximum atomic E-state index is 13.0. The predicted octanol–water partition coefficient (Wildman–Crippen LogP) is 2.36. The highest BCUT2D eigenvalue weighted by Crippen LogP contribution is 2.23. The van der Waals surface area contributed by atoms with Gasteiger partial charge < -0.3 is 5.32 Å². The molecular weight excluding hydrogens is 394 g/mol. The van der Waals surface area contributed by atoms with Gasteiger partial charge in [0.25, 0.3) is 11.8 Å². The smallest absolute Gasteiger partial charge is 0.291 e. The molecule has 2 amide bonds. The number of amides is 2. The van der Waals surface area contributed by atoms with Gasteiger partial charge in [0.15, 0.2) is 0 Å². The number of nitrogens with one attached hydrogen (secondary N) is 1. The van der Waals surface area contributed by atoms with Crippen molar-refractivity contribution in [2.45, 2.75) is 45.6 Å². The van der Waals surface area contributed by atoms with Crippen molar-refractivity contribution in [2.75, 3.05) is 11.4 Å². The summed E-state index contributed by atoms with van der Waals surface area (Å²) in [5.41, 5.74) is 2.02. The quantitative estimate of drug-likeness (QED) is 0.682. The molecule has 1 aromatic carbocycles. The first-order chi connectivity index (χ1) is 14.9. The Kier molecular flexibility index (Phi) is 5.58. The lowest BCUT2D eigenvalue weighted by atomic mass is 10.0. The van der Waals surface area contributed by atoms with Crippen LogP contribution in [0.15, 0.2) is 36.5 Å². The Morgan fingerprint density at radius 1 is 1.23 bits per heavy atom. The van der Waals surface area contributed by atoms with Gasteiger partial charge in [0, 0.05) is 19.7 Å². The molecule has 2 aromatic heterocycles.